The number of carbonyl (C=O) groups is 1. The highest BCUT2D eigenvalue weighted by Crippen LogP contribution is 2.28. The average molecular weight is 325 g/mol. The van der Waals surface area contributed by atoms with Gasteiger partial charge >= 0.3 is 6.09 Å². The number of carbonyl (C=O) groups excluding carboxylic acids is 1. The van der Waals surface area contributed by atoms with Crippen LogP contribution in [0.5, 0.6) is 0 Å². The molecule has 0 heterocycles. The molecule has 1 saturated carbocycles. The molecule has 1 aliphatic carbocycles. The van der Waals surface area contributed by atoms with Crippen molar-refractivity contribution in [3.63, 3.8) is 0 Å². The summed E-state index contributed by atoms with van der Waals surface area (Å²) in [5.41, 5.74) is -0.531. The lowest BCUT2D eigenvalue weighted by Crippen LogP contribution is -2.41. The van der Waals surface area contributed by atoms with Gasteiger partial charge in [-0.25, -0.2) is 4.79 Å². The molecular formula is C19H35NO3. The van der Waals surface area contributed by atoms with Crippen molar-refractivity contribution in [2.45, 2.75) is 91.2 Å². The number of aliphatic hydroxyl groups excluding tert-OH is 1. The lowest BCUT2D eigenvalue weighted by molar-refractivity contribution is 0.0491. The Kier molecular flexibility index (Phi) is 7.93. The fourth-order valence-electron chi connectivity index (χ4n) is 2.96. The van der Waals surface area contributed by atoms with E-state index in [4.69, 9.17) is 4.74 Å². The number of rotatable bonds is 6. The molecule has 23 heavy (non-hydrogen) atoms. The van der Waals surface area contributed by atoms with Crippen LogP contribution in [0.4, 0.5) is 4.79 Å². The standard InChI is InChI=1S/C19H35NO3/c1-14(2)11-12-17(21)16(13-15-9-7-6-8-10-15)20-18(22)23-19(3,4)5/h12,14-16,21H,6-11,13H2,1-5H3,(H,20,22)/b17-12+. The average Bonchev–Trinajstić information content (AvgIpc) is 2.43. The van der Waals surface area contributed by atoms with Crippen LogP contribution in [-0.2, 0) is 4.74 Å². The van der Waals surface area contributed by atoms with E-state index in [1.807, 2.05) is 26.8 Å². The van der Waals surface area contributed by atoms with Gasteiger partial charge in [-0.3, -0.25) is 0 Å². The molecule has 4 nitrogen and oxygen atoms in total. The first-order valence-corrected chi connectivity index (χ1v) is 9.06. The first kappa shape index (κ1) is 19.9. The zero-order chi connectivity index (χ0) is 17.5. The van der Waals surface area contributed by atoms with Crippen LogP contribution in [0.3, 0.4) is 0 Å². The molecule has 1 fully saturated rings. The molecule has 1 rings (SSSR count). The molecule has 1 aliphatic rings. The fraction of sp³-hybridized carbons (Fsp3) is 0.842. The van der Waals surface area contributed by atoms with Crippen LogP contribution < -0.4 is 5.32 Å². The third-order valence-electron chi connectivity index (χ3n) is 4.14. The SMILES string of the molecule is CC(C)C/C=C(/O)C(CC1CCCCC1)NC(=O)OC(C)(C)C. The summed E-state index contributed by atoms with van der Waals surface area (Å²) in [6.45, 7) is 9.76. The molecule has 1 amide bonds. The van der Waals surface area contributed by atoms with Gasteiger partial charge in [-0.1, -0.05) is 46.0 Å². The first-order valence-electron chi connectivity index (χ1n) is 9.06. The highest BCUT2D eigenvalue weighted by Gasteiger charge is 2.25. The van der Waals surface area contributed by atoms with Crippen molar-refractivity contribution >= 4 is 6.09 Å². The monoisotopic (exact) mass is 325 g/mol. The minimum absolute atomic E-state index is 0.273. The van der Waals surface area contributed by atoms with Crippen LogP contribution in [0.1, 0.15) is 79.6 Å². The summed E-state index contributed by atoms with van der Waals surface area (Å²) in [5.74, 6) is 1.32. The molecule has 0 aromatic carbocycles. The summed E-state index contributed by atoms with van der Waals surface area (Å²) in [7, 11) is 0. The summed E-state index contributed by atoms with van der Waals surface area (Å²) in [5, 5.41) is 13.3. The van der Waals surface area contributed by atoms with Crippen molar-refractivity contribution in [2.75, 3.05) is 0 Å². The van der Waals surface area contributed by atoms with E-state index in [0.29, 0.717) is 11.8 Å². The number of nitrogens with one attached hydrogen (secondary N) is 1. The Labute approximate surface area is 141 Å². The largest absolute Gasteiger partial charge is 0.510 e. The number of hydrogen-bond acceptors (Lipinski definition) is 3. The Morgan fingerprint density at radius 1 is 1.26 bits per heavy atom. The highest BCUT2D eigenvalue weighted by molar-refractivity contribution is 5.68. The molecular weight excluding hydrogens is 290 g/mol. The number of ether oxygens (including phenoxy) is 1. The van der Waals surface area contributed by atoms with Gasteiger partial charge in [0.15, 0.2) is 0 Å². The molecule has 4 heteroatoms. The molecule has 0 aromatic heterocycles. The first-order chi connectivity index (χ1) is 10.7. The molecule has 134 valence electrons. The van der Waals surface area contributed by atoms with Gasteiger partial charge in [-0.15, -0.1) is 0 Å². The summed E-state index contributed by atoms with van der Waals surface area (Å²) < 4.78 is 5.34. The Bertz CT molecular complexity index is 390. The topological polar surface area (TPSA) is 58.6 Å². The van der Waals surface area contributed by atoms with Crippen LogP contribution in [0, 0.1) is 11.8 Å². The number of amides is 1. The predicted molar refractivity (Wildman–Crippen MR) is 94.5 cm³/mol. The van der Waals surface area contributed by atoms with Crippen LogP contribution in [0.25, 0.3) is 0 Å². The maximum Gasteiger partial charge on any atom is 0.408 e. The molecule has 1 unspecified atom stereocenters. The lowest BCUT2D eigenvalue weighted by Gasteiger charge is -2.28. The molecule has 0 bridgehead atoms. The van der Waals surface area contributed by atoms with E-state index < -0.39 is 11.7 Å². The number of allylic oxidation sites excluding steroid dienone is 1. The van der Waals surface area contributed by atoms with Crippen molar-refractivity contribution in [1.29, 1.82) is 0 Å². The van der Waals surface area contributed by atoms with Crippen molar-refractivity contribution < 1.29 is 14.6 Å². The molecule has 1 atom stereocenters. The Morgan fingerprint density at radius 2 is 1.87 bits per heavy atom. The Balaban J connectivity index is 2.70. The van der Waals surface area contributed by atoms with E-state index in [1.54, 1.807) is 0 Å². The summed E-state index contributed by atoms with van der Waals surface area (Å²) in [6.07, 6.45) is 9.16. The maximum absolute atomic E-state index is 12.1. The number of alkyl carbamates (subject to hydrolysis) is 1. The highest BCUT2D eigenvalue weighted by atomic mass is 16.6. The van der Waals surface area contributed by atoms with E-state index in [1.165, 1.54) is 32.1 Å². The molecule has 0 aromatic rings. The van der Waals surface area contributed by atoms with Gasteiger partial charge in [0.2, 0.25) is 0 Å². The quantitative estimate of drug-likeness (QED) is 0.648. The number of aliphatic hydroxyl groups is 1. The van der Waals surface area contributed by atoms with Crippen LogP contribution in [-0.4, -0.2) is 22.8 Å². The van der Waals surface area contributed by atoms with Gasteiger partial charge < -0.3 is 15.2 Å². The number of hydrogen-bond donors (Lipinski definition) is 2. The second-order valence-corrected chi connectivity index (χ2v) is 8.20. The zero-order valence-electron chi connectivity index (χ0n) is 15.5. The van der Waals surface area contributed by atoms with E-state index >= 15 is 0 Å². The third-order valence-corrected chi connectivity index (χ3v) is 4.14. The van der Waals surface area contributed by atoms with Crippen LogP contribution in [0.15, 0.2) is 11.8 Å². The fourth-order valence-corrected chi connectivity index (χ4v) is 2.96. The summed E-state index contributed by atoms with van der Waals surface area (Å²) in [4.78, 5) is 12.1. The Hall–Kier alpha value is -1.19. The maximum atomic E-state index is 12.1. The van der Waals surface area contributed by atoms with Crippen molar-refractivity contribution in [3.8, 4) is 0 Å². The minimum atomic E-state index is -0.531. The van der Waals surface area contributed by atoms with Gasteiger partial charge in [0.05, 0.1) is 6.04 Å². The summed E-state index contributed by atoms with van der Waals surface area (Å²) in [6, 6.07) is -0.341. The van der Waals surface area contributed by atoms with Gasteiger partial charge in [-0.05, 0) is 51.5 Å². The van der Waals surface area contributed by atoms with Crippen LogP contribution >= 0.6 is 0 Å². The smallest absolute Gasteiger partial charge is 0.408 e. The normalized spacial score (nSPS) is 18.8. The van der Waals surface area contributed by atoms with E-state index in [-0.39, 0.29) is 11.8 Å². The van der Waals surface area contributed by atoms with Crippen molar-refractivity contribution in [1.82, 2.24) is 5.32 Å². The second-order valence-electron chi connectivity index (χ2n) is 8.20. The lowest BCUT2D eigenvalue weighted by atomic mass is 9.84. The third kappa shape index (κ3) is 8.87. The summed E-state index contributed by atoms with van der Waals surface area (Å²) >= 11 is 0. The molecule has 0 saturated heterocycles. The van der Waals surface area contributed by atoms with E-state index in [0.717, 1.165) is 12.8 Å². The van der Waals surface area contributed by atoms with Gasteiger partial charge in [0.1, 0.15) is 11.4 Å². The minimum Gasteiger partial charge on any atom is -0.510 e. The van der Waals surface area contributed by atoms with Gasteiger partial charge in [0.25, 0.3) is 0 Å². The molecule has 2 N–H and O–H groups in total. The van der Waals surface area contributed by atoms with E-state index in [9.17, 15) is 9.90 Å². The second kappa shape index (κ2) is 9.19. The van der Waals surface area contributed by atoms with Crippen molar-refractivity contribution in [3.05, 3.63) is 11.8 Å². The predicted octanol–water partition coefficient (Wildman–Crippen LogP) is 5.34. The van der Waals surface area contributed by atoms with E-state index in [2.05, 4.69) is 19.2 Å². The van der Waals surface area contributed by atoms with Gasteiger partial charge in [-0.2, -0.15) is 0 Å². The van der Waals surface area contributed by atoms with Crippen molar-refractivity contribution in [2.24, 2.45) is 11.8 Å². The van der Waals surface area contributed by atoms with Crippen LogP contribution in [0.2, 0.25) is 0 Å². The molecule has 0 spiro atoms. The van der Waals surface area contributed by atoms with Gasteiger partial charge in [0, 0.05) is 0 Å². The molecule has 0 aliphatic heterocycles. The molecule has 0 radical (unpaired) electrons. The Morgan fingerprint density at radius 3 is 2.39 bits per heavy atom. The zero-order valence-corrected chi connectivity index (χ0v) is 15.5.